The van der Waals surface area contributed by atoms with E-state index in [9.17, 15) is 4.79 Å². The van der Waals surface area contributed by atoms with Gasteiger partial charge in [0.05, 0.1) is 11.6 Å². The molecule has 1 saturated heterocycles. The number of hydrogen-bond donors (Lipinski definition) is 0. The minimum absolute atomic E-state index is 0.0887. The number of ketones is 1. The second kappa shape index (κ2) is 4.67. The van der Waals surface area contributed by atoms with Gasteiger partial charge in [-0.05, 0) is 24.7 Å². The first-order valence-corrected chi connectivity index (χ1v) is 7.29. The summed E-state index contributed by atoms with van der Waals surface area (Å²) in [7, 11) is 2.13. The Morgan fingerprint density at radius 3 is 2.81 bits per heavy atom. The van der Waals surface area contributed by atoms with E-state index in [0.717, 1.165) is 42.1 Å². The fraction of sp³-hybridized carbons (Fsp3) is 0.294. The van der Waals surface area contributed by atoms with E-state index >= 15 is 0 Å². The Morgan fingerprint density at radius 1 is 1.10 bits per heavy atom. The maximum Gasteiger partial charge on any atom is 0.197 e. The summed E-state index contributed by atoms with van der Waals surface area (Å²) in [5.74, 6) is 0.919. The van der Waals surface area contributed by atoms with E-state index in [4.69, 9.17) is 0 Å². The quantitative estimate of drug-likeness (QED) is 0.740. The van der Waals surface area contributed by atoms with Gasteiger partial charge in [-0.1, -0.05) is 24.3 Å². The molecular weight excluding hydrogens is 262 g/mol. The molecule has 1 aromatic heterocycles. The van der Waals surface area contributed by atoms with Crippen LogP contribution in [-0.2, 0) is 0 Å². The zero-order valence-electron chi connectivity index (χ0n) is 12.0. The summed E-state index contributed by atoms with van der Waals surface area (Å²) in [6.07, 6.45) is 1.78. The van der Waals surface area contributed by atoms with E-state index in [1.807, 2.05) is 30.3 Å². The van der Waals surface area contributed by atoms with Gasteiger partial charge in [-0.3, -0.25) is 4.79 Å². The Balaban J connectivity index is 1.97. The molecule has 4 rings (SSSR count). The van der Waals surface area contributed by atoms with Gasteiger partial charge in [-0.15, -0.1) is 0 Å². The highest BCUT2D eigenvalue weighted by Gasteiger charge is 2.35. The number of hydrogen-bond acceptors (Lipinski definition) is 4. The molecule has 2 aliphatic heterocycles. The molecule has 0 N–H and O–H groups in total. The number of carbonyl (C=O) groups is 1. The molecule has 0 saturated carbocycles. The van der Waals surface area contributed by atoms with Gasteiger partial charge in [0.2, 0.25) is 0 Å². The average molecular weight is 279 g/mol. The lowest BCUT2D eigenvalue weighted by Gasteiger charge is -2.40. The second-order valence-corrected chi connectivity index (χ2v) is 5.76. The molecule has 1 atom stereocenters. The van der Waals surface area contributed by atoms with Crippen molar-refractivity contribution in [2.45, 2.75) is 6.04 Å². The first-order chi connectivity index (χ1) is 10.3. The SMILES string of the molecule is CN1CCN2c3ncccc3C(=O)c3ccccc3[C@@H]2C1. The van der Waals surface area contributed by atoms with Gasteiger partial charge in [0.1, 0.15) is 5.82 Å². The lowest BCUT2D eigenvalue weighted by molar-refractivity contribution is 0.103. The number of rotatable bonds is 0. The molecule has 0 unspecified atom stereocenters. The minimum atomic E-state index is 0.0887. The lowest BCUT2D eigenvalue weighted by atomic mass is 9.95. The summed E-state index contributed by atoms with van der Waals surface area (Å²) in [5.41, 5.74) is 2.65. The molecule has 2 aromatic rings. The third-order valence-electron chi connectivity index (χ3n) is 4.45. The van der Waals surface area contributed by atoms with Crippen molar-refractivity contribution in [1.82, 2.24) is 9.88 Å². The maximum absolute atomic E-state index is 12.9. The van der Waals surface area contributed by atoms with Gasteiger partial charge >= 0.3 is 0 Å². The molecule has 0 amide bonds. The topological polar surface area (TPSA) is 36.4 Å². The van der Waals surface area contributed by atoms with Crippen molar-refractivity contribution in [3.05, 3.63) is 59.3 Å². The molecule has 0 bridgehead atoms. The largest absolute Gasteiger partial charge is 0.346 e. The Hall–Kier alpha value is -2.20. The average Bonchev–Trinajstić information content (AvgIpc) is 2.63. The van der Waals surface area contributed by atoms with Crippen LogP contribution < -0.4 is 4.90 Å². The van der Waals surface area contributed by atoms with Crippen LogP contribution in [0.15, 0.2) is 42.6 Å². The van der Waals surface area contributed by atoms with Crippen molar-refractivity contribution < 1.29 is 4.79 Å². The highest BCUT2D eigenvalue weighted by molar-refractivity contribution is 6.13. The molecule has 3 heterocycles. The number of likely N-dealkylation sites (N-methyl/N-ethyl adjacent to an activating group) is 1. The number of benzene rings is 1. The number of piperazine rings is 1. The molecule has 4 heteroatoms. The zero-order valence-corrected chi connectivity index (χ0v) is 12.0. The van der Waals surface area contributed by atoms with Crippen LogP contribution in [-0.4, -0.2) is 42.3 Å². The third-order valence-corrected chi connectivity index (χ3v) is 4.45. The van der Waals surface area contributed by atoms with Crippen molar-refractivity contribution >= 4 is 11.6 Å². The van der Waals surface area contributed by atoms with Crippen LogP contribution in [0.5, 0.6) is 0 Å². The highest BCUT2D eigenvalue weighted by atomic mass is 16.1. The molecule has 1 aromatic carbocycles. The number of fused-ring (bicyclic) bond motifs is 5. The smallest absolute Gasteiger partial charge is 0.197 e. The molecular formula is C17H17N3O. The molecule has 0 spiro atoms. The fourth-order valence-corrected chi connectivity index (χ4v) is 3.38. The van der Waals surface area contributed by atoms with Gasteiger partial charge in [-0.2, -0.15) is 0 Å². The van der Waals surface area contributed by atoms with Crippen LogP contribution in [0, 0.1) is 0 Å². The summed E-state index contributed by atoms with van der Waals surface area (Å²) >= 11 is 0. The van der Waals surface area contributed by atoms with Crippen LogP contribution in [0.1, 0.15) is 27.5 Å². The van der Waals surface area contributed by atoms with Gasteiger partial charge < -0.3 is 9.80 Å². The number of anilines is 1. The summed E-state index contributed by atoms with van der Waals surface area (Å²) in [6, 6.07) is 11.9. The van der Waals surface area contributed by atoms with Gasteiger partial charge in [0.15, 0.2) is 5.78 Å². The molecule has 21 heavy (non-hydrogen) atoms. The van der Waals surface area contributed by atoms with Crippen LogP contribution in [0.25, 0.3) is 0 Å². The predicted octanol–water partition coefficient (Wildman–Crippen LogP) is 2.12. The number of carbonyl (C=O) groups excluding carboxylic acids is 1. The molecule has 0 radical (unpaired) electrons. The molecule has 1 fully saturated rings. The zero-order chi connectivity index (χ0) is 14.4. The monoisotopic (exact) mass is 279 g/mol. The van der Waals surface area contributed by atoms with Crippen LogP contribution in [0.4, 0.5) is 5.82 Å². The van der Waals surface area contributed by atoms with E-state index in [0.29, 0.717) is 0 Å². The van der Waals surface area contributed by atoms with Gasteiger partial charge in [0.25, 0.3) is 0 Å². The molecule has 106 valence electrons. The third kappa shape index (κ3) is 1.87. The van der Waals surface area contributed by atoms with Crippen molar-refractivity contribution in [3.8, 4) is 0 Å². The first kappa shape index (κ1) is 12.5. The standard InChI is InChI=1S/C17H17N3O/c1-19-9-10-20-15(11-19)12-5-2-3-6-13(12)16(21)14-7-4-8-18-17(14)20/h2-8,15H,9-11H2,1H3/t15-/m0/s1. The number of pyridine rings is 1. The molecule has 4 nitrogen and oxygen atoms in total. The van der Waals surface area contributed by atoms with Gasteiger partial charge in [-0.25, -0.2) is 4.98 Å². The minimum Gasteiger partial charge on any atom is -0.346 e. The summed E-state index contributed by atoms with van der Waals surface area (Å²) in [6.45, 7) is 2.80. The number of aromatic nitrogens is 1. The Labute approximate surface area is 124 Å². The van der Waals surface area contributed by atoms with E-state index in [-0.39, 0.29) is 11.8 Å². The summed E-state index contributed by atoms with van der Waals surface area (Å²) in [5, 5.41) is 0. The predicted molar refractivity (Wildman–Crippen MR) is 81.7 cm³/mol. The molecule has 2 aliphatic rings. The highest BCUT2D eigenvalue weighted by Crippen LogP contribution is 2.37. The fourth-order valence-electron chi connectivity index (χ4n) is 3.38. The second-order valence-electron chi connectivity index (χ2n) is 5.76. The van der Waals surface area contributed by atoms with E-state index < -0.39 is 0 Å². The van der Waals surface area contributed by atoms with E-state index in [1.165, 1.54) is 0 Å². The van der Waals surface area contributed by atoms with Crippen LogP contribution in [0.2, 0.25) is 0 Å². The lowest BCUT2D eigenvalue weighted by Crippen LogP contribution is -2.47. The molecule has 0 aliphatic carbocycles. The van der Waals surface area contributed by atoms with Crippen molar-refractivity contribution in [2.75, 3.05) is 31.6 Å². The first-order valence-electron chi connectivity index (χ1n) is 7.29. The normalized spacial score (nSPS) is 21.3. The summed E-state index contributed by atoms with van der Waals surface area (Å²) < 4.78 is 0. The van der Waals surface area contributed by atoms with Crippen molar-refractivity contribution in [1.29, 1.82) is 0 Å². The number of nitrogens with zero attached hydrogens (tertiary/aromatic N) is 3. The Kier molecular flexibility index (Phi) is 2.79. The Morgan fingerprint density at radius 2 is 1.90 bits per heavy atom. The summed E-state index contributed by atoms with van der Waals surface area (Å²) in [4.78, 5) is 22.0. The maximum atomic E-state index is 12.9. The van der Waals surface area contributed by atoms with Crippen LogP contribution >= 0.6 is 0 Å². The van der Waals surface area contributed by atoms with Gasteiger partial charge in [0, 0.05) is 31.4 Å². The van der Waals surface area contributed by atoms with Crippen LogP contribution in [0.3, 0.4) is 0 Å². The van der Waals surface area contributed by atoms with E-state index in [1.54, 1.807) is 6.20 Å². The van der Waals surface area contributed by atoms with Crippen molar-refractivity contribution in [3.63, 3.8) is 0 Å². The van der Waals surface area contributed by atoms with E-state index in [2.05, 4.69) is 27.9 Å². The van der Waals surface area contributed by atoms with Crippen molar-refractivity contribution in [2.24, 2.45) is 0 Å². The Bertz CT molecular complexity index is 713.